The third-order valence-electron chi connectivity index (χ3n) is 4.19. The number of methoxy groups -OCH3 is 1. The number of benzene rings is 2. The first-order valence-electron chi connectivity index (χ1n) is 8.18. The fourth-order valence-corrected chi connectivity index (χ4v) is 2.83. The summed E-state index contributed by atoms with van der Waals surface area (Å²) in [4.78, 5) is 13.4. The van der Waals surface area contributed by atoms with Gasteiger partial charge in [-0.15, -0.1) is 0 Å². The van der Waals surface area contributed by atoms with Crippen LogP contribution in [0.1, 0.15) is 21.5 Å². The van der Waals surface area contributed by atoms with Gasteiger partial charge in [0.15, 0.2) is 17.8 Å². The number of phenolic OH excluding ortho intramolecular Hbond substituents is 1. The molecule has 0 atom stereocenters. The van der Waals surface area contributed by atoms with Gasteiger partial charge in [-0.2, -0.15) is 0 Å². The van der Waals surface area contributed by atoms with Crippen molar-refractivity contribution >= 4 is 24.1 Å². The molecular weight excluding hydrogens is 318 g/mol. The van der Waals surface area contributed by atoms with Crippen LogP contribution in [0.4, 0.5) is 5.69 Å². The minimum Gasteiger partial charge on any atom is -0.504 e. The maximum atomic E-state index is 11.1. The fourth-order valence-electron chi connectivity index (χ4n) is 2.83. The van der Waals surface area contributed by atoms with Gasteiger partial charge in [-0.05, 0) is 35.4 Å². The molecule has 1 aliphatic rings. The van der Waals surface area contributed by atoms with Crippen LogP contribution in [0.15, 0.2) is 36.4 Å². The Kier molecular flexibility index (Phi) is 5.36. The minimum absolute atomic E-state index is 0.135. The van der Waals surface area contributed by atoms with Crippen LogP contribution in [0.2, 0.25) is 0 Å². The first-order chi connectivity index (χ1) is 12.2. The Morgan fingerprint density at radius 3 is 2.60 bits per heavy atom. The Morgan fingerprint density at radius 2 is 1.88 bits per heavy atom. The lowest BCUT2D eigenvalue weighted by Gasteiger charge is -2.29. The van der Waals surface area contributed by atoms with E-state index in [0.29, 0.717) is 6.29 Å². The highest BCUT2D eigenvalue weighted by Crippen LogP contribution is 2.31. The molecule has 0 unspecified atom stereocenters. The van der Waals surface area contributed by atoms with Crippen LogP contribution in [0.25, 0.3) is 12.2 Å². The summed E-state index contributed by atoms with van der Waals surface area (Å²) in [6, 6.07) is 11.6. The number of hydrogen-bond acceptors (Lipinski definition) is 5. The molecule has 3 rings (SSSR count). The molecule has 0 amide bonds. The van der Waals surface area contributed by atoms with E-state index < -0.39 is 0 Å². The number of carbonyl (C=O) groups excluding carboxylic acids is 1. The molecule has 5 nitrogen and oxygen atoms in total. The van der Waals surface area contributed by atoms with Gasteiger partial charge < -0.3 is 19.5 Å². The summed E-state index contributed by atoms with van der Waals surface area (Å²) in [5.41, 5.74) is 3.22. The third-order valence-corrected chi connectivity index (χ3v) is 4.19. The Hall–Kier alpha value is -2.79. The van der Waals surface area contributed by atoms with Crippen molar-refractivity contribution in [1.29, 1.82) is 0 Å². The summed E-state index contributed by atoms with van der Waals surface area (Å²) in [6.45, 7) is 3.29. The zero-order valence-corrected chi connectivity index (χ0v) is 14.1. The summed E-state index contributed by atoms with van der Waals surface area (Å²) in [5.74, 6) is 0.148. The normalized spacial score (nSPS) is 14.7. The van der Waals surface area contributed by atoms with Crippen LogP contribution < -0.4 is 9.64 Å². The second kappa shape index (κ2) is 7.85. The van der Waals surface area contributed by atoms with Gasteiger partial charge in [0.05, 0.1) is 25.9 Å². The minimum atomic E-state index is -0.135. The molecule has 130 valence electrons. The maximum Gasteiger partial charge on any atom is 0.168 e. The maximum absolute atomic E-state index is 11.1. The Morgan fingerprint density at radius 1 is 1.12 bits per heavy atom. The Bertz CT molecular complexity index is 779. The molecule has 0 saturated carbocycles. The number of anilines is 1. The van der Waals surface area contributed by atoms with E-state index in [4.69, 9.17) is 9.47 Å². The van der Waals surface area contributed by atoms with E-state index >= 15 is 0 Å². The molecule has 2 aromatic carbocycles. The van der Waals surface area contributed by atoms with Crippen molar-refractivity contribution in [2.75, 3.05) is 38.3 Å². The van der Waals surface area contributed by atoms with Gasteiger partial charge in [-0.25, -0.2) is 0 Å². The van der Waals surface area contributed by atoms with Crippen molar-refractivity contribution in [3.05, 3.63) is 53.1 Å². The van der Waals surface area contributed by atoms with Crippen LogP contribution in [0, 0.1) is 0 Å². The zero-order chi connectivity index (χ0) is 17.6. The smallest absolute Gasteiger partial charge is 0.168 e. The van der Waals surface area contributed by atoms with Gasteiger partial charge in [0, 0.05) is 18.8 Å². The number of rotatable bonds is 5. The van der Waals surface area contributed by atoms with Gasteiger partial charge in [-0.3, -0.25) is 4.79 Å². The van der Waals surface area contributed by atoms with Gasteiger partial charge >= 0.3 is 0 Å². The summed E-state index contributed by atoms with van der Waals surface area (Å²) >= 11 is 0. The lowest BCUT2D eigenvalue weighted by molar-refractivity contribution is 0.112. The molecule has 2 aromatic rings. The van der Waals surface area contributed by atoms with Crippen LogP contribution in [0.5, 0.6) is 11.5 Å². The number of nitrogens with zero attached hydrogens (tertiary/aromatic N) is 1. The molecule has 0 spiro atoms. The summed E-state index contributed by atoms with van der Waals surface area (Å²) in [5, 5.41) is 9.88. The molecule has 1 saturated heterocycles. The number of morpholine rings is 1. The molecule has 1 heterocycles. The van der Waals surface area contributed by atoms with Gasteiger partial charge in [0.25, 0.3) is 0 Å². The van der Waals surface area contributed by atoms with Crippen LogP contribution in [-0.2, 0) is 4.74 Å². The van der Waals surface area contributed by atoms with E-state index in [0.717, 1.165) is 37.4 Å². The van der Waals surface area contributed by atoms with Gasteiger partial charge in [-0.1, -0.05) is 24.3 Å². The number of aldehydes is 1. The van der Waals surface area contributed by atoms with Gasteiger partial charge in [0.2, 0.25) is 0 Å². The molecule has 1 N–H and O–H groups in total. The lowest BCUT2D eigenvalue weighted by atomic mass is 10.1. The highest BCUT2D eigenvalue weighted by atomic mass is 16.5. The average Bonchev–Trinajstić information content (AvgIpc) is 2.68. The number of aromatic hydroxyl groups is 1. The first-order valence-corrected chi connectivity index (χ1v) is 8.18. The quantitative estimate of drug-likeness (QED) is 0.669. The van der Waals surface area contributed by atoms with E-state index in [1.54, 1.807) is 12.1 Å². The molecule has 0 radical (unpaired) electrons. The van der Waals surface area contributed by atoms with E-state index in [2.05, 4.69) is 17.0 Å². The van der Waals surface area contributed by atoms with Crippen molar-refractivity contribution in [2.24, 2.45) is 0 Å². The molecule has 0 bridgehead atoms. The second-order valence-corrected chi connectivity index (χ2v) is 5.81. The number of ether oxygens (including phenoxy) is 2. The standard InChI is InChI=1S/C20H21NO4/c1-24-19-13-16(11-17(14-22)20(19)23)6-5-15-3-2-4-18(12-15)21-7-9-25-10-8-21/h2-6,11-14,23H,7-10H2,1H3. The summed E-state index contributed by atoms with van der Waals surface area (Å²) < 4.78 is 10.5. The monoisotopic (exact) mass is 339 g/mol. The zero-order valence-electron chi connectivity index (χ0n) is 14.1. The summed E-state index contributed by atoms with van der Waals surface area (Å²) in [7, 11) is 1.46. The number of carbonyl (C=O) groups is 1. The average molecular weight is 339 g/mol. The van der Waals surface area contributed by atoms with Gasteiger partial charge in [0.1, 0.15) is 0 Å². The van der Waals surface area contributed by atoms with Crippen molar-refractivity contribution < 1.29 is 19.4 Å². The molecule has 1 fully saturated rings. The third kappa shape index (κ3) is 4.00. The van der Waals surface area contributed by atoms with Crippen LogP contribution in [0.3, 0.4) is 0 Å². The van der Waals surface area contributed by atoms with Crippen molar-refractivity contribution in [3.8, 4) is 11.5 Å². The highest BCUT2D eigenvalue weighted by molar-refractivity contribution is 5.84. The van der Waals surface area contributed by atoms with E-state index in [9.17, 15) is 9.90 Å². The predicted octanol–water partition coefficient (Wildman–Crippen LogP) is 3.22. The lowest BCUT2D eigenvalue weighted by Crippen LogP contribution is -2.36. The highest BCUT2D eigenvalue weighted by Gasteiger charge is 2.11. The largest absolute Gasteiger partial charge is 0.504 e. The van der Waals surface area contributed by atoms with Crippen molar-refractivity contribution in [3.63, 3.8) is 0 Å². The molecule has 0 aromatic heterocycles. The van der Waals surface area contributed by atoms with Crippen LogP contribution >= 0.6 is 0 Å². The molecule has 0 aliphatic carbocycles. The second-order valence-electron chi connectivity index (χ2n) is 5.81. The van der Waals surface area contributed by atoms with Crippen molar-refractivity contribution in [1.82, 2.24) is 0 Å². The fraction of sp³-hybridized carbons (Fsp3) is 0.250. The topological polar surface area (TPSA) is 59.0 Å². The Balaban J connectivity index is 1.83. The van der Waals surface area contributed by atoms with Crippen LogP contribution in [-0.4, -0.2) is 44.8 Å². The van der Waals surface area contributed by atoms with E-state index in [1.807, 2.05) is 24.3 Å². The Labute approximate surface area is 147 Å². The molecule has 25 heavy (non-hydrogen) atoms. The van der Waals surface area contributed by atoms with E-state index in [-0.39, 0.29) is 17.1 Å². The SMILES string of the molecule is COc1cc(C=Cc2cccc(N3CCOCC3)c2)cc(C=O)c1O. The first kappa shape index (κ1) is 17.0. The predicted molar refractivity (Wildman–Crippen MR) is 98.4 cm³/mol. The molecular formula is C20H21NO4. The summed E-state index contributed by atoms with van der Waals surface area (Å²) in [6.07, 6.45) is 4.49. The van der Waals surface area contributed by atoms with Crippen molar-refractivity contribution in [2.45, 2.75) is 0 Å². The molecule has 1 aliphatic heterocycles. The number of hydrogen-bond donors (Lipinski definition) is 1. The number of phenols is 1. The molecule has 5 heteroatoms. The van der Waals surface area contributed by atoms with E-state index in [1.165, 1.54) is 12.8 Å².